The third-order valence-electron chi connectivity index (χ3n) is 4.37. The van der Waals surface area contributed by atoms with E-state index >= 15 is 0 Å². The van der Waals surface area contributed by atoms with E-state index in [1.54, 1.807) is 0 Å². The van der Waals surface area contributed by atoms with Gasteiger partial charge in [-0.1, -0.05) is 54.1 Å². The normalized spacial score (nSPS) is 21.0. The maximum Gasteiger partial charge on any atom is 0.137 e. The molecule has 22 heavy (non-hydrogen) atoms. The molecule has 1 N–H and O–H groups in total. The molecule has 2 nitrogen and oxygen atoms in total. The van der Waals surface area contributed by atoms with E-state index < -0.39 is 0 Å². The zero-order valence-electron chi connectivity index (χ0n) is 12.5. The fourth-order valence-electron chi connectivity index (χ4n) is 3.24. The van der Waals surface area contributed by atoms with Gasteiger partial charge < -0.3 is 5.32 Å². The minimum Gasteiger partial charge on any atom is -0.316 e. The molecular weight excluding hydrogens is 294 g/mol. The topological polar surface area (TPSA) is 29.1 Å². The first-order chi connectivity index (χ1) is 10.7. The van der Waals surface area contributed by atoms with E-state index in [9.17, 15) is 4.79 Å². The second kappa shape index (κ2) is 7.08. The third-order valence-corrected chi connectivity index (χ3v) is 4.62. The Morgan fingerprint density at radius 2 is 1.77 bits per heavy atom. The van der Waals surface area contributed by atoms with Crippen molar-refractivity contribution in [2.75, 3.05) is 13.1 Å². The van der Waals surface area contributed by atoms with E-state index in [0.717, 1.165) is 23.7 Å². The SMILES string of the molecule is O=C(Cc1ccccc1)CC1CNCC1c1ccc(Cl)cc1. The highest BCUT2D eigenvalue weighted by molar-refractivity contribution is 6.30. The minimum absolute atomic E-state index is 0.318. The number of nitrogens with one attached hydrogen (secondary N) is 1. The Hall–Kier alpha value is -1.64. The number of carbonyl (C=O) groups is 1. The van der Waals surface area contributed by atoms with Gasteiger partial charge in [-0.25, -0.2) is 0 Å². The third kappa shape index (κ3) is 3.76. The molecule has 114 valence electrons. The molecule has 0 bridgehead atoms. The van der Waals surface area contributed by atoms with Crippen LogP contribution in [0.1, 0.15) is 23.5 Å². The first-order valence-electron chi connectivity index (χ1n) is 7.74. The van der Waals surface area contributed by atoms with Crippen LogP contribution in [0.25, 0.3) is 0 Å². The molecule has 1 aliphatic heterocycles. The van der Waals surface area contributed by atoms with Crippen molar-refractivity contribution < 1.29 is 4.79 Å². The van der Waals surface area contributed by atoms with Crippen LogP contribution in [0, 0.1) is 5.92 Å². The van der Waals surface area contributed by atoms with Crippen LogP contribution >= 0.6 is 11.6 Å². The first-order valence-corrected chi connectivity index (χ1v) is 8.12. The number of rotatable bonds is 5. The van der Waals surface area contributed by atoms with Gasteiger partial charge in [0.15, 0.2) is 0 Å². The number of Topliss-reactive ketones (excluding diaryl/α,β-unsaturated/α-hetero) is 1. The Balaban J connectivity index is 1.63. The monoisotopic (exact) mass is 313 g/mol. The molecule has 0 aliphatic carbocycles. The molecule has 0 saturated carbocycles. The van der Waals surface area contributed by atoms with Crippen molar-refractivity contribution in [1.29, 1.82) is 0 Å². The summed E-state index contributed by atoms with van der Waals surface area (Å²) in [7, 11) is 0. The van der Waals surface area contributed by atoms with Gasteiger partial charge in [0.25, 0.3) is 0 Å². The van der Waals surface area contributed by atoms with E-state index in [1.165, 1.54) is 5.56 Å². The molecular formula is C19H20ClNO. The maximum absolute atomic E-state index is 12.4. The summed E-state index contributed by atoms with van der Waals surface area (Å²) in [5.41, 5.74) is 2.37. The van der Waals surface area contributed by atoms with Gasteiger partial charge in [-0.2, -0.15) is 0 Å². The van der Waals surface area contributed by atoms with Crippen LogP contribution in [0.2, 0.25) is 5.02 Å². The van der Waals surface area contributed by atoms with Crippen LogP contribution in [0.5, 0.6) is 0 Å². The van der Waals surface area contributed by atoms with Crippen LogP contribution in [0.3, 0.4) is 0 Å². The molecule has 2 unspecified atom stereocenters. The lowest BCUT2D eigenvalue weighted by Gasteiger charge is -2.18. The van der Waals surface area contributed by atoms with Gasteiger partial charge in [0.1, 0.15) is 5.78 Å². The summed E-state index contributed by atoms with van der Waals surface area (Å²) in [6.45, 7) is 1.85. The largest absolute Gasteiger partial charge is 0.316 e. The fraction of sp³-hybridized carbons (Fsp3) is 0.316. The number of benzene rings is 2. The summed E-state index contributed by atoms with van der Waals surface area (Å²) in [6.07, 6.45) is 1.17. The molecule has 0 aromatic heterocycles. The van der Waals surface area contributed by atoms with Gasteiger partial charge in [-0.05, 0) is 35.7 Å². The second-order valence-corrected chi connectivity index (χ2v) is 6.42. The highest BCUT2D eigenvalue weighted by Gasteiger charge is 2.29. The van der Waals surface area contributed by atoms with Crippen molar-refractivity contribution in [3.05, 3.63) is 70.7 Å². The molecule has 2 aromatic rings. The predicted molar refractivity (Wildman–Crippen MR) is 90.3 cm³/mol. The zero-order valence-corrected chi connectivity index (χ0v) is 13.2. The van der Waals surface area contributed by atoms with Crippen molar-refractivity contribution in [2.24, 2.45) is 5.92 Å². The van der Waals surface area contributed by atoms with Gasteiger partial charge in [-0.3, -0.25) is 4.79 Å². The van der Waals surface area contributed by atoms with Crippen molar-refractivity contribution in [1.82, 2.24) is 5.32 Å². The van der Waals surface area contributed by atoms with E-state index in [4.69, 9.17) is 11.6 Å². The molecule has 1 saturated heterocycles. The molecule has 0 spiro atoms. The summed E-state index contributed by atoms with van der Waals surface area (Å²) in [5.74, 6) is 1.09. The van der Waals surface area contributed by atoms with E-state index in [-0.39, 0.29) is 0 Å². The smallest absolute Gasteiger partial charge is 0.137 e. The molecule has 1 aliphatic rings. The van der Waals surface area contributed by atoms with Crippen molar-refractivity contribution in [2.45, 2.75) is 18.8 Å². The van der Waals surface area contributed by atoms with Gasteiger partial charge >= 0.3 is 0 Å². The van der Waals surface area contributed by atoms with Crippen LogP contribution in [0.15, 0.2) is 54.6 Å². The number of halogens is 1. The zero-order chi connectivity index (χ0) is 15.4. The van der Waals surface area contributed by atoms with E-state index in [1.807, 2.05) is 42.5 Å². The van der Waals surface area contributed by atoms with Gasteiger partial charge in [0.2, 0.25) is 0 Å². The molecule has 0 radical (unpaired) electrons. The Kier molecular flexibility index (Phi) is 4.91. The van der Waals surface area contributed by atoms with E-state index in [2.05, 4.69) is 17.4 Å². The molecule has 1 fully saturated rings. The van der Waals surface area contributed by atoms with Gasteiger partial charge in [0, 0.05) is 30.3 Å². The van der Waals surface area contributed by atoms with Gasteiger partial charge in [-0.15, -0.1) is 0 Å². The van der Waals surface area contributed by atoms with E-state index in [0.29, 0.717) is 30.5 Å². The summed E-state index contributed by atoms with van der Waals surface area (Å²) in [4.78, 5) is 12.4. The molecule has 3 rings (SSSR count). The highest BCUT2D eigenvalue weighted by Crippen LogP contribution is 2.31. The van der Waals surface area contributed by atoms with Crippen molar-refractivity contribution >= 4 is 17.4 Å². The van der Waals surface area contributed by atoms with Crippen LogP contribution in [-0.4, -0.2) is 18.9 Å². The number of ketones is 1. The Morgan fingerprint density at radius 1 is 1.05 bits per heavy atom. The Labute approximate surface area is 136 Å². The first kappa shape index (κ1) is 15.3. The number of carbonyl (C=O) groups excluding carboxylic acids is 1. The standard InChI is InChI=1S/C19H20ClNO/c20-17-8-6-15(7-9-17)19-13-21-12-16(19)11-18(22)10-14-4-2-1-3-5-14/h1-9,16,19,21H,10-13H2. The molecule has 1 heterocycles. The van der Waals surface area contributed by atoms with Gasteiger partial charge in [0.05, 0.1) is 0 Å². The average molecular weight is 314 g/mol. The number of hydrogen-bond donors (Lipinski definition) is 1. The quantitative estimate of drug-likeness (QED) is 0.908. The Morgan fingerprint density at radius 3 is 2.50 bits per heavy atom. The van der Waals surface area contributed by atoms with Crippen LogP contribution in [0.4, 0.5) is 0 Å². The molecule has 3 heteroatoms. The molecule has 2 atom stereocenters. The maximum atomic E-state index is 12.4. The molecule has 2 aromatic carbocycles. The summed E-state index contributed by atoms with van der Waals surface area (Å²) in [5, 5.41) is 4.18. The number of hydrogen-bond acceptors (Lipinski definition) is 2. The lowest BCUT2D eigenvalue weighted by atomic mass is 9.85. The summed E-state index contributed by atoms with van der Waals surface area (Å²) < 4.78 is 0. The highest BCUT2D eigenvalue weighted by atomic mass is 35.5. The summed E-state index contributed by atoms with van der Waals surface area (Å²) in [6, 6.07) is 18.0. The lowest BCUT2D eigenvalue weighted by molar-refractivity contribution is -0.119. The Bertz CT molecular complexity index is 624. The minimum atomic E-state index is 0.318. The van der Waals surface area contributed by atoms with Crippen LogP contribution in [-0.2, 0) is 11.2 Å². The summed E-state index contributed by atoms with van der Waals surface area (Å²) >= 11 is 5.96. The van der Waals surface area contributed by atoms with Crippen molar-refractivity contribution in [3.8, 4) is 0 Å². The van der Waals surface area contributed by atoms with Crippen molar-refractivity contribution in [3.63, 3.8) is 0 Å². The second-order valence-electron chi connectivity index (χ2n) is 5.98. The predicted octanol–water partition coefficient (Wildman–Crippen LogP) is 3.84. The van der Waals surface area contributed by atoms with Crippen LogP contribution < -0.4 is 5.32 Å². The average Bonchev–Trinajstić information content (AvgIpc) is 2.97. The lowest BCUT2D eigenvalue weighted by Crippen LogP contribution is -2.17. The molecule has 0 amide bonds. The fourth-order valence-corrected chi connectivity index (χ4v) is 3.36.